The third-order valence-corrected chi connectivity index (χ3v) is 2.85. The highest BCUT2D eigenvalue weighted by atomic mass is 16.6. The number of para-hydroxylation sites is 2. The molecule has 0 amide bonds. The number of nitro groups is 1. The number of nitro benzene ring substituents is 1. The summed E-state index contributed by atoms with van der Waals surface area (Å²) in [6, 6.07) is 12.5. The first-order chi connectivity index (χ1) is 10.0. The van der Waals surface area contributed by atoms with Gasteiger partial charge in [-0.2, -0.15) is 5.26 Å². The lowest BCUT2D eigenvalue weighted by Crippen LogP contribution is -2.12. The normalized spacial score (nSPS) is 9.71. The van der Waals surface area contributed by atoms with Crippen molar-refractivity contribution in [1.82, 2.24) is 0 Å². The first-order valence-corrected chi connectivity index (χ1v) is 6.00. The molecule has 6 heteroatoms. The van der Waals surface area contributed by atoms with Crippen molar-refractivity contribution in [2.45, 2.75) is 6.92 Å². The predicted octanol–water partition coefficient (Wildman–Crippen LogP) is 2.99. The Balaban J connectivity index is 2.41. The highest BCUT2D eigenvalue weighted by Gasteiger charge is 2.24. The molecule has 21 heavy (non-hydrogen) atoms. The minimum absolute atomic E-state index is 0.0702. The number of hydrogen-bond acceptors (Lipinski definition) is 5. The number of ether oxygens (including phenoxy) is 1. The lowest BCUT2D eigenvalue weighted by atomic mass is 10.1. The van der Waals surface area contributed by atoms with Crippen LogP contribution in [0.25, 0.3) is 0 Å². The maximum Gasteiger partial charge on any atom is 0.350 e. The first kappa shape index (κ1) is 14.2. The van der Waals surface area contributed by atoms with Crippen molar-refractivity contribution in [3.8, 4) is 11.8 Å². The highest BCUT2D eigenvalue weighted by Crippen LogP contribution is 2.25. The molecule has 0 saturated carbocycles. The Morgan fingerprint density at radius 1 is 1.24 bits per heavy atom. The zero-order valence-electron chi connectivity index (χ0n) is 11.1. The summed E-state index contributed by atoms with van der Waals surface area (Å²) in [6.07, 6.45) is 0. The van der Waals surface area contributed by atoms with E-state index in [1.165, 1.54) is 37.3 Å². The van der Waals surface area contributed by atoms with Crippen LogP contribution in [0.5, 0.6) is 5.75 Å². The minimum atomic E-state index is -0.868. The monoisotopic (exact) mass is 282 g/mol. The molecule has 104 valence electrons. The lowest BCUT2D eigenvalue weighted by Gasteiger charge is -2.07. The number of aryl methyl sites for hydroxylation is 1. The van der Waals surface area contributed by atoms with E-state index >= 15 is 0 Å². The summed E-state index contributed by atoms with van der Waals surface area (Å²) in [4.78, 5) is 22.6. The number of carbonyl (C=O) groups is 1. The molecule has 0 aliphatic carbocycles. The molecule has 0 fully saturated rings. The number of esters is 1. The second kappa shape index (κ2) is 5.84. The van der Waals surface area contributed by atoms with Crippen LogP contribution in [0.15, 0.2) is 42.5 Å². The summed E-state index contributed by atoms with van der Waals surface area (Å²) >= 11 is 0. The standard InChI is InChI=1S/C15H10N2O4/c1-10-5-4-7-12(14(10)17(19)20)15(18)21-13-8-3-2-6-11(13)9-16/h2-8H,1H3. The SMILES string of the molecule is Cc1cccc(C(=O)Oc2ccccc2C#N)c1[N+](=O)[O-]. The van der Waals surface area contributed by atoms with Gasteiger partial charge >= 0.3 is 5.97 Å². The van der Waals surface area contributed by atoms with Gasteiger partial charge in [0, 0.05) is 5.56 Å². The Bertz CT molecular complexity index is 763. The van der Waals surface area contributed by atoms with E-state index in [1.807, 2.05) is 6.07 Å². The molecular formula is C15H10N2O4. The molecule has 0 atom stereocenters. The zero-order chi connectivity index (χ0) is 15.4. The van der Waals surface area contributed by atoms with E-state index in [2.05, 4.69) is 0 Å². The topological polar surface area (TPSA) is 93.2 Å². The molecule has 2 aromatic carbocycles. The van der Waals surface area contributed by atoms with Gasteiger partial charge in [-0.3, -0.25) is 10.1 Å². The van der Waals surface area contributed by atoms with Gasteiger partial charge in [-0.15, -0.1) is 0 Å². The summed E-state index contributed by atoms with van der Waals surface area (Å²) in [5.74, 6) is -0.797. The van der Waals surface area contributed by atoms with Crippen molar-refractivity contribution in [3.63, 3.8) is 0 Å². The maximum absolute atomic E-state index is 12.1. The van der Waals surface area contributed by atoms with Gasteiger partial charge < -0.3 is 4.74 Å². The highest BCUT2D eigenvalue weighted by molar-refractivity contribution is 5.96. The summed E-state index contributed by atoms with van der Waals surface area (Å²) in [5.41, 5.74) is 0.105. The van der Waals surface area contributed by atoms with E-state index in [4.69, 9.17) is 10.00 Å². The fourth-order valence-electron chi connectivity index (χ4n) is 1.87. The number of nitrogens with zero attached hydrogens (tertiary/aromatic N) is 2. The quantitative estimate of drug-likeness (QED) is 0.373. The van der Waals surface area contributed by atoms with Gasteiger partial charge in [-0.1, -0.05) is 24.3 Å². The van der Waals surface area contributed by atoms with Crippen LogP contribution in [0.1, 0.15) is 21.5 Å². The number of hydrogen-bond donors (Lipinski definition) is 0. The van der Waals surface area contributed by atoms with E-state index in [0.29, 0.717) is 5.56 Å². The van der Waals surface area contributed by atoms with E-state index in [9.17, 15) is 14.9 Å². The molecular weight excluding hydrogens is 272 g/mol. The van der Waals surface area contributed by atoms with Gasteiger partial charge in [0.2, 0.25) is 0 Å². The molecule has 0 bridgehead atoms. The summed E-state index contributed by atoms with van der Waals surface area (Å²) < 4.78 is 5.10. The molecule has 0 aliphatic heterocycles. The maximum atomic E-state index is 12.1. The van der Waals surface area contributed by atoms with Gasteiger partial charge in [-0.25, -0.2) is 4.79 Å². The van der Waals surface area contributed by atoms with Crippen molar-refractivity contribution in [1.29, 1.82) is 5.26 Å². The van der Waals surface area contributed by atoms with Crippen LogP contribution in [0, 0.1) is 28.4 Å². The zero-order valence-corrected chi connectivity index (χ0v) is 11.1. The van der Waals surface area contributed by atoms with Crippen LogP contribution < -0.4 is 4.74 Å². The first-order valence-electron chi connectivity index (χ1n) is 6.00. The van der Waals surface area contributed by atoms with Gasteiger partial charge in [0.25, 0.3) is 5.69 Å². The number of rotatable bonds is 3. The van der Waals surface area contributed by atoms with Crippen LogP contribution in [0.2, 0.25) is 0 Å². The number of nitriles is 1. The molecule has 2 aromatic rings. The Hall–Kier alpha value is -3.20. The van der Waals surface area contributed by atoms with Crippen molar-refractivity contribution in [3.05, 3.63) is 69.3 Å². The second-order valence-corrected chi connectivity index (χ2v) is 4.23. The van der Waals surface area contributed by atoms with Crippen LogP contribution >= 0.6 is 0 Å². The molecule has 0 unspecified atom stereocenters. The Morgan fingerprint density at radius 2 is 1.95 bits per heavy atom. The van der Waals surface area contributed by atoms with Crippen molar-refractivity contribution in [2.75, 3.05) is 0 Å². The van der Waals surface area contributed by atoms with Crippen LogP contribution in [0.4, 0.5) is 5.69 Å². The van der Waals surface area contributed by atoms with E-state index in [-0.39, 0.29) is 22.6 Å². The van der Waals surface area contributed by atoms with Crippen LogP contribution in [-0.2, 0) is 0 Å². The van der Waals surface area contributed by atoms with Gasteiger partial charge in [0.1, 0.15) is 17.4 Å². The van der Waals surface area contributed by atoms with Crippen molar-refractivity contribution < 1.29 is 14.5 Å². The third kappa shape index (κ3) is 2.87. The molecule has 6 nitrogen and oxygen atoms in total. The van der Waals surface area contributed by atoms with E-state index < -0.39 is 10.9 Å². The van der Waals surface area contributed by atoms with Crippen molar-refractivity contribution >= 4 is 11.7 Å². The molecule has 0 N–H and O–H groups in total. The Morgan fingerprint density at radius 3 is 2.62 bits per heavy atom. The van der Waals surface area contributed by atoms with Gasteiger partial charge in [0.05, 0.1) is 10.5 Å². The van der Waals surface area contributed by atoms with Gasteiger partial charge in [-0.05, 0) is 25.1 Å². The average molecular weight is 282 g/mol. The largest absolute Gasteiger partial charge is 0.421 e. The average Bonchev–Trinajstić information content (AvgIpc) is 2.47. The molecule has 0 saturated heterocycles. The van der Waals surface area contributed by atoms with Gasteiger partial charge in [0.15, 0.2) is 0 Å². The second-order valence-electron chi connectivity index (χ2n) is 4.23. The summed E-state index contributed by atoms with van der Waals surface area (Å²) in [7, 11) is 0. The lowest BCUT2D eigenvalue weighted by molar-refractivity contribution is -0.385. The molecule has 0 heterocycles. The predicted molar refractivity (Wildman–Crippen MR) is 73.9 cm³/mol. The fourth-order valence-corrected chi connectivity index (χ4v) is 1.87. The Labute approximate surface area is 120 Å². The number of carbonyl (C=O) groups excluding carboxylic acids is 1. The summed E-state index contributed by atoms with van der Waals surface area (Å²) in [6.45, 7) is 1.54. The smallest absolute Gasteiger partial charge is 0.350 e. The molecule has 2 rings (SSSR count). The molecule has 0 spiro atoms. The summed E-state index contributed by atoms with van der Waals surface area (Å²) in [5, 5.41) is 20.0. The van der Waals surface area contributed by atoms with Crippen molar-refractivity contribution in [2.24, 2.45) is 0 Å². The van der Waals surface area contributed by atoms with E-state index in [1.54, 1.807) is 12.1 Å². The number of benzene rings is 2. The molecule has 0 aromatic heterocycles. The fraction of sp³-hybridized carbons (Fsp3) is 0.0667. The minimum Gasteiger partial charge on any atom is -0.421 e. The third-order valence-electron chi connectivity index (χ3n) is 2.85. The van der Waals surface area contributed by atoms with Crippen LogP contribution in [0.3, 0.4) is 0 Å². The van der Waals surface area contributed by atoms with E-state index in [0.717, 1.165) is 0 Å². The molecule has 0 radical (unpaired) electrons. The molecule has 0 aliphatic rings. The Kier molecular flexibility index (Phi) is 3.95. The van der Waals surface area contributed by atoms with Crippen LogP contribution in [-0.4, -0.2) is 10.9 Å².